The lowest BCUT2D eigenvalue weighted by molar-refractivity contribution is 0.368. The lowest BCUT2D eigenvalue weighted by Gasteiger charge is -1.96. The molecule has 0 amide bonds. The molecule has 0 N–H and O–H groups in total. The molecule has 64 valence electrons. The standard InChI is InChI=1S/C8H11N3O/c1-10-5-4-6-7(10)9-8(12-3)11(6)2/h4-5H,1-3H3. The quantitative estimate of drug-likeness (QED) is 0.629. The first kappa shape index (κ1) is 7.21. The van der Waals surface area contributed by atoms with Crippen LogP contribution >= 0.6 is 0 Å². The van der Waals surface area contributed by atoms with Crippen LogP contribution in [-0.4, -0.2) is 21.2 Å². The molecule has 0 aromatic carbocycles. The highest BCUT2D eigenvalue weighted by Crippen LogP contribution is 2.19. The molecule has 0 fully saturated rings. The van der Waals surface area contributed by atoms with Crippen LogP contribution in [-0.2, 0) is 14.1 Å². The monoisotopic (exact) mass is 165 g/mol. The van der Waals surface area contributed by atoms with Gasteiger partial charge in [-0.25, -0.2) is 0 Å². The highest BCUT2D eigenvalue weighted by molar-refractivity contribution is 5.73. The summed E-state index contributed by atoms with van der Waals surface area (Å²) >= 11 is 0. The Morgan fingerprint density at radius 3 is 2.75 bits per heavy atom. The maximum Gasteiger partial charge on any atom is 0.298 e. The number of imidazole rings is 1. The van der Waals surface area contributed by atoms with E-state index < -0.39 is 0 Å². The van der Waals surface area contributed by atoms with Gasteiger partial charge in [-0.15, -0.1) is 0 Å². The van der Waals surface area contributed by atoms with Gasteiger partial charge in [-0.1, -0.05) is 0 Å². The number of fused-ring (bicyclic) bond motifs is 1. The van der Waals surface area contributed by atoms with Gasteiger partial charge in [-0.3, -0.25) is 4.57 Å². The second kappa shape index (κ2) is 2.27. The van der Waals surface area contributed by atoms with E-state index in [2.05, 4.69) is 4.98 Å². The molecule has 0 bridgehead atoms. The van der Waals surface area contributed by atoms with Gasteiger partial charge in [0.2, 0.25) is 0 Å². The van der Waals surface area contributed by atoms with Crippen molar-refractivity contribution < 1.29 is 4.74 Å². The highest BCUT2D eigenvalue weighted by Gasteiger charge is 2.09. The molecule has 12 heavy (non-hydrogen) atoms. The number of hydrogen-bond acceptors (Lipinski definition) is 2. The number of nitrogens with zero attached hydrogens (tertiary/aromatic N) is 3. The smallest absolute Gasteiger partial charge is 0.298 e. The van der Waals surface area contributed by atoms with Crippen molar-refractivity contribution in [2.75, 3.05) is 7.11 Å². The summed E-state index contributed by atoms with van der Waals surface area (Å²) in [6, 6.07) is 2.67. The Balaban J connectivity index is 2.79. The average Bonchev–Trinajstić information content (AvgIpc) is 2.55. The molecule has 0 radical (unpaired) electrons. The highest BCUT2D eigenvalue weighted by atomic mass is 16.5. The average molecular weight is 165 g/mol. The van der Waals surface area contributed by atoms with Crippen LogP contribution in [0.5, 0.6) is 6.01 Å². The molecule has 4 heteroatoms. The van der Waals surface area contributed by atoms with Gasteiger partial charge >= 0.3 is 0 Å². The third kappa shape index (κ3) is 0.747. The Hall–Kier alpha value is -1.45. The zero-order chi connectivity index (χ0) is 8.72. The van der Waals surface area contributed by atoms with Crippen molar-refractivity contribution in [2.24, 2.45) is 14.1 Å². The molecule has 0 saturated heterocycles. The van der Waals surface area contributed by atoms with E-state index in [0.29, 0.717) is 6.01 Å². The minimum Gasteiger partial charge on any atom is -0.468 e. The second-order valence-electron chi connectivity index (χ2n) is 2.79. The van der Waals surface area contributed by atoms with Gasteiger partial charge < -0.3 is 9.30 Å². The first-order valence-electron chi connectivity index (χ1n) is 3.76. The molecule has 2 aromatic rings. The molecule has 0 spiro atoms. The van der Waals surface area contributed by atoms with Crippen LogP contribution in [0.25, 0.3) is 11.2 Å². The molecule has 2 heterocycles. The number of rotatable bonds is 1. The normalized spacial score (nSPS) is 10.9. The largest absolute Gasteiger partial charge is 0.468 e. The van der Waals surface area contributed by atoms with Gasteiger partial charge in [0.1, 0.15) is 0 Å². The summed E-state index contributed by atoms with van der Waals surface area (Å²) in [6.07, 6.45) is 1.98. The molecular weight excluding hydrogens is 154 g/mol. The number of aromatic nitrogens is 3. The molecule has 0 aliphatic rings. The molecule has 0 aliphatic carbocycles. The van der Waals surface area contributed by atoms with E-state index in [-0.39, 0.29) is 0 Å². The zero-order valence-electron chi connectivity index (χ0n) is 7.40. The van der Waals surface area contributed by atoms with Gasteiger partial charge in [0.05, 0.1) is 12.6 Å². The predicted molar refractivity (Wildman–Crippen MR) is 46.2 cm³/mol. The third-order valence-electron chi connectivity index (χ3n) is 2.05. The van der Waals surface area contributed by atoms with E-state index in [9.17, 15) is 0 Å². The summed E-state index contributed by atoms with van der Waals surface area (Å²) in [5.74, 6) is 0. The van der Waals surface area contributed by atoms with Crippen molar-refractivity contribution in [1.29, 1.82) is 0 Å². The van der Waals surface area contributed by atoms with E-state index in [1.165, 1.54) is 0 Å². The van der Waals surface area contributed by atoms with Crippen molar-refractivity contribution in [3.63, 3.8) is 0 Å². The zero-order valence-corrected chi connectivity index (χ0v) is 7.40. The Labute approximate surface area is 70.4 Å². The number of methoxy groups -OCH3 is 1. The van der Waals surface area contributed by atoms with E-state index in [4.69, 9.17) is 4.74 Å². The van der Waals surface area contributed by atoms with Crippen LogP contribution in [0.4, 0.5) is 0 Å². The molecular formula is C8H11N3O. The first-order valence-corrected chi connectivity index (χ1v) is 3.76. The van der Waals surface area contributed by atoms with Crippen LogP contribution in [0, 0.1) is 0 Å². The minimum atomic E-state index is 0.649. The van der Waals surface area contributed by atoms with Crippen LogP contribution in [0.2, 0.25) is 0 Å². The molecule has 2 rings (SSSR count). The lowest BCUT2D eigenvalue weighted by Crippen LogP contribution is -1.93. The lowest BCUT2D eigenvalue weighted by atomic mass is 10.6. The summed E-state index contributed by atoms with van der Waals surface area (Å²) in [5.41, 5.74) is 2.05. The maximum absolute atomic E-state index is 5.08. The number of aryl methyl sites for hydroxylation is 2. The third-order valence-corrected chi connectivity index (χ3v) is 2.05. The topological polar surface area (TPSA) is 32.0 Å². The van der Waals surface area contributed by atoms with Crippen molar-refractivity contribution in [1.82, 2.24) is 14.1 Å². The van der Waals surface area contributed by atoms with Crippen LogP contribution in [0.1, 0.15) is 0 Å². The van der Waals surface area contributed by atoms with E-state index in [0.717, 1.165) is 11.2 Å². The number of hydrogen-bond donors (Lipinski definition) is 0. The summed E-state index contributed by atoms with van der Waals surface area (Å²) in [4.78, 5) is 4.29. The Bertz CT molecular complexity index is 413. The van der Waals surface area contributed by atoms with Gasteiger partial charge in [-0.2, -0.15) is 4.98 Å². The molecule has 0 saturated carbocycles. The first-order chi connectivity index (χ1) is 5.74. The van der Waals surface area contributed by atoms with E-state index in [1.807, 2.05) is 35.5 Å². The van der Waals surface area contributed by atoms with Gasteiger partial charge in [0.25, 0.3) is 6.01 Å². The summed E-state index contributed by atoms with van der Waals surface area (Å²) in [7, 11) is 5.53. The Morgan fingerprint density at radius 2 is 2.17 bits per heavy atom. The van der Waals surface area contributed by atoms with Gasteiger partial charge in [0.15, 0.2) is 5.65 Å². The summed E-state index contributed by atoms with van der Waals surface area (Å²) < 4.78 is 8.98. The van der Waals surface area contributed by atoms with Crippen molar-refractivity contribution >= 4 is 11.2 Å². The summed E-state index contributed by atoms with van der Waals surface area (Å²) in [5, 5.41) is 0. The Morgan fingerprint density at radius 1 is 1.42 bits per heavy atom. The van der Waals surface area contributed by atoms with Crippen LogP contribution < -0.4 is 4.74 Å². The predicted octanol–water partition coefficient (Wildman–Crippen LogP) is 0.920. The van der Waals surface area contributed by atoms with Crippen molar-refractivity contribution in [3.05, 3.63) is 12.3 Å². The van der Waals surface area contributed by atoms with E-state index >= 15 is 0 Å². The molecule has 0 aliphatic heterocycles. The van der Waals surface area contributed by atoms with Crippen molar-refractivity contribution in [2.45, 2.75) is 0 Å². The Kier molecular flexibility index (Phi) is 1.36. The number of ether oxygens (including phenoxy) is 1. The second-order valence-corrected chi connectivity index (χ2v) is 2.79. The van der Waals surface area contributed by atoms with Crippen LogP contribution in [0.3, 0.4) is 0 Å². The SMILES string of the molecule is COc1nc2c(ccn2C)n1C. The molecule has 2 aromatic heterocycles. The van der Waals surface area contributed by atoms with Gasteiger partial charge in [0, 0.05) is 20.3 Å². The maximum atomic E-state index is 5.08. The fraction of sp³-hybridized carbons (Fsp3) is 0.375. The van der Waals surface area contributed by atoms with Crippen molar-refractivity contribution in [3.8, 4) is 6.01 Å². The minimum absolute atomic E-state index is 0.649. The van der Waals surface area contributed by atoms with Gasteiger partial charge in [-0.05, 0) is 6.07 Å². The van der Waals surface area contributed by atoms with E-state index in [1.54, 1.807) is 7.11 Å². The summed E-state index contributed by atoms with van der Waals surface area (Å²) in [6.45, 7) is 0. The fourth-order valence-corrected chi connectivity index (χ4v) is 1.36. The molecule has 0 unspecified atom stereocenters. The molecule has 0 atom stereocenters. The fourth-order valence-electron chi connectivity index (χ4n) is 1.36. The molecule has 4 nitrogen and oxygen atoms in total. The van der Waals surface area contributed by atoms with Crippen LogP contribution in [0.15, 0.2) is 12.3 Å².